The molecule has 1 atom stereocenters. The number of halogens is 4. The number of hydrogen-bond acceptors (Lipinski definition) is 2. The molecule has 4 nitrogen and oxygen atoms in total. The van der Waals surface area contributed by atoms with Gasteiger partial charge in [-0.3, -0.25) is 9.59 Å². The molecule has 1 aliphatic heterocycles. The normalized spacial score (nSPS) is 18.1. The summed E-state index contributed by atoms with van der Waals surface area (Å²) in [5.41, 5.74) is 0.584. The first-order valence-corrected chi connectivity index (χ1v) is 8.00. The molecule has 1 aliphatic rings. The zero-order valence-corrected chi connectivity index (χ0v) is 13.9. The fourth-order valence-electron chi connectivity index (χ4n) is 2.71. The van der Waals surface area contributed by atoms with Crippen molar-refractivity contribution in [3.05, 3.63) is 29.3 Å². The number of carbonyl (C=O) groups is 2. The average molecular weight is 363 g/mol. The molecule has 0 aromatic heterocycles. The highest BCUT2D eigenvalue weighted by Gasteiger charge is 2.38. The van der Waals surface area contributed by atoms with Gasteiger partial charge in [-0.15, -0.1) is 0 Å². The van der Waals surface area contributed by atoms with Crippen LogP contribution in [0.25, 0.3) is 0 Å². The largest absolute Gasteiger partial charge is 0.390 e. The van der Waals surface area contributed by atoms with Gasteiger partial charge in [-0.1, -0.05) is 17.7 Å². The monoisotopic (exact) mass is 362 g/mol. The minimum absolute atomic E-state index is 0.00609. The van der Waals surface area contributed by atoms with Crippen LogP contribution in [-0.4, -0.2) is 42.5 Å². The Bertz CT molecular complexity index is 622. The van der Waals surface area contributed by atoms with Crippen molar-refractivity contribution in [2.24, 2.45) is 5.92 Å². The summed E-state index contributed by atoms with van der Waals surface area (Å²) in [5, 5.41) is 0.468. The molecule has 1 heterocycles. The van der Waals surface area contributed by atoms with Gasteiger partial charge in [0.15, 0.2) is 0 Å². The zero-order chi connectivity index (χ0) is 17.9. The van der Waals surface area contributed by atoms with Crippen molar-refractivity contribution in [2.45, 2.75) is 25.9 Å². The first-order chi connectivity index (χ1) is 11.2. The summed E-state index contributed by atoms with van der Waals surface area (Å²) < 4.78 is 37.1. The number of benzene rings is 1. The fraction of sp³-hybridized carbons (Fsp3) is 0.500. The van der Waals surface area contributed by atoms with Crippen molar-refractivity contribution < 1.29 is 22.8 Å². The minimum Gasteiger partial charge on any atom is -0.342 e. The second-order valence-corrected chi connectivity index (χ2v) is 6.10. The van der Waals surface area contributed by atoms with Gasteiger partial charge in [0.1, 0.15) is 0 Å². The van der Waals surface area contributed by atoms with Crippen LogP contribution in [0.1, 0.15) is 19.8 Å². The van der Waals surface area contributed by atoms with Crippen molar-refractivity contribution in [1.29, 1.82) is 0 Å². The third-order valence-corrected chi connectivity index (χ3v) is 4.19. The molecule has 0 saturated carbocycles. The molecule has 8 heteroatoms. The molecule has 1 unspecified atom stereocenters. The van der Waals surface area contributed by atoms with E-state index in [-0.39, 0.29) is 32.0 Å². The predicted octanol–water partition coefficient (Wildman–Crippen LogP) is 3.49. The quantitative estimate of drug-likeness (QED) is 0.804. The van der Waals surface area contributed by atoms with E-state index in [2.05, 4.69) is 0 Å². The zero-order valence-electron chi connectivity index (χ0n) is 13.1. The Morgan fingerprint density at radius 1 is 1.42 bits per heavy atom. The third kappa shape index (κ3) is 4.63. The number of alkyl halides is 3. The maximum Gasteiger partial charge on any atom is 0.390 e. The van der Waals surface area contributed by atoms with Gasteiger partial charge in [0.25, 0.3) is 0 Å². The van der Waals surface area contributed by atoms with Gasteiger partial charge in [0.2, 0.25) is 11.8 Å². The summed E-state index contributed by atoms with van der Waals surface area (Å²) in [5.74, 6) is -1.29. The van der Waals surface area contributed by atoms with Crippen LogP contribution in [0.15, 0.2) is 24.3 Å². The van der Waals surface area contributed by atoms with Crippen LogP contribution in [-0.2, 0) is 9.59 Å². The van der Waals surface area contributed by atoms with E-state index < -0.39 is 24.4 Å². The van der Waals surface area contributed by atoms with E-state index in [1.807, 2.05) is 0 Å². The molecule has 132 valence electrons. The highest BCUT2D eigenvalue weighted by molar-refractivity contribution is 6.30. The molecule has 1 fully saturated rings. The molecule has 2 amide bonds. The number of carbonyl (C=O) groups excluding carboxylic acids is 2. The van der Waals surface area contributed by atoms with E-state index in [9.17, 15) is 22.8 Å². The Labute approximate surface area is 143 Å². The molecule has 1 saturated heterocycles. The molecule has 1 aromatic carbocycles. The average Bonchev–Trinajstić information content (AvgIpc) is 2.88. The van der Waals surface area contributed by atoms with E-state index in [1.165, 1.54) is 4.90 Å². The molecule has 0 spiro atoms. The van der Waals surface area contributed by atoms with E-state index >= 15 is 0 Å². The molecular formula is C16H18ClF3N2O2. The van der Waals surface area contributed by atoms with Gasteiger partial charge in [0.05, 0.1) is 12.3 Å². The minimum atomic E-state index is -4.31. The van der Waals surface area contributed by atoms with Crippen molar-refractivity contribution >= 4 is 29.1 Å². The van der Waals surface area contributed by atoms with Crippen molar-refractivity contribution in [1.82, 2.24) is 4.90 Å². The van der Waals surface area contributed by atoms with Gasteiger partial charge >= 0.3 is 6.18 Å². The van der Waals surface area contributed by atoms with Crippen LogP contribution >= 0.6 is 11.6 Å². The first kappa shape index (κ1) is 18.6. The molecular weight excluding hydrogens is 345 g/mol. The summed E-state index contributed by atoms with van der Waals surface area (Å²) in [4.78, 5) is 27.2. The van der Waals surface area contributed by atoms with E-state index in [0.29, 0.717) is 10.7 Å². The number of hydrogen-bond donors (Lipinski definition) is 0. The van der Waals surface area contributed by atoms with Crippen LogP contribution < -0.4 is 4.90 Å². The summed E-state index contributed by atoms with van der Waals surface area (Å²) in [6, 6.07) is 6.69. The third-order valence-electron chi connectivity index (χ3n) is 3.95. The smallest absolute Gasteiger partial charge is 0.342 e. The highest BCUT2D eigenvalue weighted by atomic mass is 35.5. The lowest BCUT2D eigenvalue weighted by molar-refractivity contribution is -0.147. The van der Waals surface area contributed by atoms with Crippen molar-refractivity contribution in [3.8, 4) is 0 Å². The topological polar surface area (TPSA) is 40.6 Å². The van der Waals surface area contributed by atoms with Crippen LogP contribution in [0.4, 0.5) is 18.9 Å². The summed E-state index contributed by atoms with van der Waals surface area (Å²) >= 11 is 5.91. The maximum atomic E-state index is 12.4. The van der Waals surface area contributed by atoms with Crippen molar-refractivity contribution in [2.75, 3.05) is 24.5 Å². The fourth-order valence-corrected chi connectivity index (χ4v) is 2.90. The van der Waals surface area contributed by atoms with Crippen LogP contribution in [0, 0.1) is 5.92 Å². The lowest BCUT2D eigenvalue weighted by Crippen LogP contribution is -2.39. The van der Waals surface area contributed by atoms with Crippen LogP contribution in [0.5, 0.6) is 0 Å². The number of nitrogens with zero attached hydrogens (tertiary/aromatic N) is 2. The predicted molar refractivity (Wildman–Crippen MR) is 84.8 cm³/mol. The molecule has 24 heavy (non-hydrogen) atoms. The number of anilines is 1. The Hall–Kier alpha value is -1.76. The summed E-state index contributed by atoms with van der Waals surface area (Å²) in [6.45, 7) is 1.57. The summed E-state index contributed by atoms with van der Waals surface area (Å²) in [7, 11) is 0. The van der Waals surface area contributed by atoms with Gasteiger partial charge in [0, 0.05) is 36.8 Å². The second-order valence-electron chi connectivity index (χ2n) is 5.67. The maximum absolute atomic E-state index is 12.4. The Kier molecular flexibility index (Phi) is 5.74. The highest BCUT2D eigenvalue weighted by Crippen LogP contribution is 2.28. The Morgan fingerprint density at radius 3 is 2.71 bits per heavy atom. The standard InChI is InChI=1S/C16H18ClF3N2O2/c1-2-21(7-6-16(18,19)20)15(24)11-8-14(23)22(10-11)13-5-3-4-12(17)9-13/h3-5,9,11H,2,6-8,10H2,1H3. The number of amides is 2. The lowest BCUT2D eigenvalue weighted by Gasteiger charge is -2.24. The summed E-state index contributed by atoms with van der Waals surface area (Å²) in [6.07, 6.45) is -5.37. The Morgan fingerprint density at radius 2 is 2.12 bits per heavy atom. The molecule has 0 aliphatic carbocycles. The van der Waals surface area contributed by atoms with Crippen molar-refractivity contribution in [3.63, 3.8) is 0 Å². The first-order valence-electron chi connectivity index (χ1n) is 7.62. The Balaban J connectivity index is 2.04. The molecule has 1 aromatic rings. The van der Waals surface area contributed by atoms with E-state index in [1.54, 1.807) is 31.2 Å². The molecule has 0 radical (unpaired) electrons. The number of rotatable bonds is 5. The molecule has 0 bridgehead atoms. The SMILES string of the molecule is CCN(CCC(F)(F)F)C(=O)C1CC(=O)N(c2cccc(Cl)c2)C1. The van der Waals surface area contributed by atoms with E-state index in [0.717, 1.165) is 4.90 Å². The molecule has 2 rings (SSSR count). The van der Waals surface area contributed by atoms with Gasteiger partial charge in [-0.05, 0) is 25.1 Å². The van der Waals surface area contributed by atoms with Crippen LogP contribution in [0.2, 0.25) is 5.02 Å². The van der Waals surface area contributed by atoms with Gasteiger partial charge < -0.3 is 9.80 Å². The van der Waals surface area contributed by atoms with Gasteiger partial charge in [-0.25, -0.2) is 0 Å². The van der Waals surface area contributed by atoms with E-state index in [4.69, 9.17) is 11.6 Å². The van der Waals surface area contributed by atoms with Gasteiger partial charge in [-0.2, -0.15) is 13.2 Å². The molecule has 0 N–H and O–H groups in total. The lowest BCUT2D eigenvalue weighted by atomic mass is 10.1. The second kappa shape index (κ2) is 7.42. The van der Waals surface area contributed by atoms with Crippen LogP contribution in [0.3, 0.4) is 0 Å².